The molecule has 2 rings (SSSR count). The summed E-state index contributed by atoms with van der Waals surface area (Å²) in [5, 5.41) is 0. The van der Waals surface area contributed by atoms with E-state index >= 15 is 0 Å². The first-order chi connectivity index (χ1) is 7.90. The zero-order valence-corrected chi connectivity index (χ0v) is 9.76. The molecule has 0 amide bonds. The summed E-state index contributed by atoms with van der Waals surface area (Å²) < 4.78 is 0. The Kier molecular flexibility index (Phi) is 3.86. The molecule has 1 fully saturated rings. The largest absolute Gasteiger partial charge is 0.360 e. The molecule has 0 atom stereocenters. The van der Waals surface area contributed by atoms with Crippen molar-refractivity contribution in [3.63, 3.8) is 0 Å². The summed E-state index contributed by atoms with van der Waals surface area (Å²) in [4.78, 5) is 15.1. The molecule has 0 bridgehead atoms. The van der Waals surface area contributed by atoms with Crippen LogP contribution in [0.25, 0.3) is 0 Å². The Morgan fingerprint density at radius 2 is 2.19 bits per heavy atom. The quantitative estimate of drug-likeness (QED) is 0.779. The lowest BCUT2D eigenvalue weighted by molar-refractivity contribution is 0.439. The molecule has 16 heavy (non-hydrogen) atoms. The minimum absolute atomic E-state index is 0.584. The molecule has 0 radical (unpaired) electrons. The second-order valence-corrected chi connectivity index (χ2v) is 4.02. The van der Waals surface area contributed by atoms with E-state index in [4.69, 9.17) is 0 Å². The van der Waals surface area contributed by atoms with Crippen LogP contribution in [0.5, 0.6) is 0 Å². The van der Waals surface area contributed by atoms with Crippen LogP contribution in [0.1, 0.15) is 32.6 Å². The SMILES string of the molecule is CCCCN1CCC/C1=N\c1ncccn1. The number of hydrogen-bond acceptors (Lipinski definition) is 3. The smallest absolute Gasteiger partial charge is 0.250 e. The highest BCUT2D eigenvalue weighted by Crippen LogP contribution is 2.15. The maximum absolute atomic E-state index is 4.51. The summed E-state index contributed by atoms with van der Waals surface area (Å²) >= 11 is 0. The van der Waals surface area contributed by atoms with Crippen LogP contribution >= 0.6 is 0 Å². The molecule has 1 aliphatic heterocycles. The first-order valence-corrected chi connectivity index (χ1v) is 5.99. The number of rotatable bonds is 4. The minimum atomic E-state index is 0.584. The highest BCUT2D eigenvalue weighted by Gasteiger charge is 2.17. The third kappa shape index (κ3) is 2.78. The van der Waals surface area contributed by atoms with Crippen molar-refractivity contribution in [2.75, 3.05) is 13.1 Å². The van der Waals surface area contributed by atoms with E-state index < -0.39 is 0 Å². The van der Waals surface area contributed by atoms with Crippen LogP contribution in [0.4, 0.5) is 5.95 Å². The van der Waals surface area contributed by atoms with Crippen molar-refractivity contribution in [1.29, 1.82) is 0 Å². The second-order valence-electron chi connectivity index (χ2n) is 4.02. The van der Waals surface area contributed by atoms with E-state index in [-0.39, 0.29) is 0 Å². The predicted octanol–water partition coefficient (Wildman–Crippen LogP) is 2.40. The van der Waals surface area contributed by atoms with Gasteiger partial charge in [0.1, 0.15) is 5.84 Å². The summed E-state index contributed by atoms with van der Waals surface area (Å²) in [6, 6.07) is 1.81. The Hall–Kier alpha value is -1.45. The maximum atomic E-state index is 4.51. The van der Waals surface area contributed by atoms with Crippen molar-refractivity contribution < 1.29 is 0 Å². The Balaban J connectivity index is 2.04. The molecule has 0 saturated carbocycles. The van der Waals surface area contributed by atoms with Gasteiger partial charge in [0.2, 0.25) is 0 Å². The Labute approximate surface area is 96.4 Å². The molecule has 4 nitrogen and oxygen atoms in total. The van der Waals surface area contributed by atoms with Crippen molar-refractivity contribution in [3.05, 3.63) is 18.5 Å². The molecule has 0 aromatic carbocycles. The Morgan fingerprint density at radius 3 is 2.94 bits per heavy atom. The first-order valence-electron chi connectivity index (χ1n) is 5.99. The molecule has 4 heteroatoms. The van der Waals surface area contributed by atoms with Crippen molar-refractivity contribution >= 4 is 11.8 Å². The van der Waals surface area contributed by atoms with Crippen LogP contribution in [0.3, 0.4) is 0 Å². The van der Waals surface area contributed by atoms with Gasteiger partial charge in [-0.3, -0.25) is 0 Å². The van der Waals surface area contributed by atoms with Gasteiger partial charge in [0.15, 0.2) is 0 Å². The second kappa shape index (κ2) is 5.58. The summed E-state index contributed by atoms with van der Waals surface area (Å²) in [5.41, 5.74) is 0. The fraction of sp³-hybridized carbons (Fsp3) is 0.583. The van der Waals surface area contributed by atoms with Crippen LogP contribution in [0.2, 0.25) is 0 Å². The van der Waals surface area contributed by atoms with Gasteiger partial charge in [-0.2, -0.15) is 4.99 Å². The van der Waals surface area contributed by atoms with E-state index in [1.54, 1.807) is 12.4 Å². The van der Waals surface area contributed by atoms with E-state index in [2.05, 4.69) is 26.8 Å². The molecule has 0 aliphatic carbocycles. The molecule has 0 N–H and O–H groups in total. The standard InChI is InChI=1S/C12H18N4/c1-2-3-9-16-10-4-6-11(16)15-12-13-7-5-8-14-12/h5,7-8H,2-4,6,9-10H2,1H3/b15-11+. The zero-order chi connectivity index (χ0) is 11.2. The predicted molar refractivity (Wildman–Crippen MR) is 64.8 cm³/mol. The number of amidine groups is 1. The number of hydrogen-bond donors (Lipinski definition) is 0. The van der Waals surface area contributed by atoms with Crippen LogP contribution in [-0.2, 0) is 0 Å². The van der Waals surface area contributed by atoms with Crippen molar-refractivity contribution in [2.45, 2.75) is 32.6 Å². The van der Waals surface area contributed by atoms with Gasteiger partial charge in [0, 0.05) is 31.9 Å². The monoisotopic (exact) mass is 218 g/mol. The van der Waals surface area contributed by atoms with Gasteiger partial charge in [0.05, 0.1) is 0 Å². The molecule has 1 aromatic rings. The number of aliphatic imine (C=N–C) groups is 1. The number of likely N-dealkylation sites (tertiary alicyclic amines) is 1. The molecule has 0 unspecified atom stereocenters. The summed E-state index contributed by atoms with van der Waals surface area (Å²) in [6.45, 7) is 4.46. The van der Waals surface area contributed by atoms with Crippen LogP contribution in [0, 0.1) is 0 Å². The Morgan fingerprint density at radius 1 is 1.38 bits per heavy atom. The highest BCUT2D eigenvalue weighted by atomic mass is 15.2. The van der Waals surface area contributed by atoms with E-state index in [0.29, 0.717) is 5.95 Å². The molecule has 1 aromatic heterocycles. The van der Waals surface area contributed by atoms with Gasteiger partial charge in [-0.05, 0) is 18.9 Å². The van der Waals surface area contributed by atoms with Crippen LogP contribution in [0.15, 0.2) is 23.5 Å². The first kappa shape index (κ1) is 11.0. The van der Waals surface area contributed by atoms with E-state index in [0.717, 1.165) is 25.3 Å². The third-order valence-electron chi connectivity index (χ3n) is 2.76. The maximum Gasteiger partial charge on any atom is 0.250 e. The molecular weight excluding hydrogens is 200 g/mol. The molecule has 86 valence electrons. The fourth-order valence-electron chi connectivity index (χ4n) is 1.90. The van der Waals surface area contributed by atoms with Gasteiger partial charge in [0.25, 0.3) is 5.95 Å². The van der Waals surface area contributed by atoms with Gasteiger partial charge >= 0.3 is 0 Å². The molecule has 1 aliphatic rings. The molecule has 0 spiro atoms. The van der Waals surface area contributed by atoms with Crippen molar-refractivity contribution in [1.82, 2.24) is 14.9 Å². The lowest BCUT2D eigenvalue weighted by Crippen LogP contribution is -2.25. The number of nitrogens with zero attached hydrogens (tertiary/aromatic N) is 4. The van der Waals surface area contributed by atoms with Crippen LogP contribution < -0.4 is 0 Å². The minimum Gasteiger partial charge on any atom is -0.360 e. The fourth-order valence-corrected chi connectivity index (χ4v) is 1.90. The summed E-state index contributed by atoms with van der Waals surface area (Å²) in [5.74, 6) is 1.74. The zero-order valence-electron chi connectivity index (χ0n) is 9.76. The molecular formula is C12H18N4. The van der Waals surface area contributed by atoms with Crippen molar-refractivity contribution in [3.8, 4) is 0 Å². The highest BCUT2D eigenvalue weighted by molar-refractivity contribution is 5.85. The topological polar surface area (TPSA) is 41.4 Å². The molecule has 2 heterocycles. The number of unbranched alkanes of at least 4 members (excludes halogenated alkanes) is 1. The third-order valence-corrected chi connectivity index (χ3v) is 2.76. The number of aromatic nitrogens is 2. The molecule has 1 saturated heterocycles. The lowest BCUT2D eigenvalue weighted by atomic mass is 10.3. The van der Waals surface area contributed by atoms with Crippen LogP contribution in [-0.4, -0.2) is 33.8 Å². The van der Waals surface area contributed by atoms with Gasteiger partial charge < -0.3 is 4.90 Å². The average Bonchev–Trinajstić information content (AvgIpc) is 2.75. The van der Waals surface area contributed by atoms with E-state index in [9.17, 15) is 0 Å². The summed E-state index contributed by atoms with van der Waals surface area (Å²) in [6.07, 6.45) is 8.19. The summed E-state index contributed by atoms with van der Waals surface area (Å²) in [7, 11) is 0. The van der Waals surface area contributed by atoms with Crippen molar-refractivity contribution in [2.24, 2.45) is 4.99 Å². The van der Waals surface area contributed by atoms with E-state index in [1.807, 2.05) is 6.07 Å². The lowest BCUT2D eigenvalue weighted by Gasteiger charge is -2.17. The van der Waals surface area contributed by atoms with Gasteiger partial charge in [-0.15, -0.1) is 0 Å². The van der Waals surface area contributed by atoms with Gasteiger partial charge in [-0.1, -0.05) is 13.3 Å². The van der Waals surface area contributed by atoms with Gasteiger partial charge in [-0.25, -0.2) is 9.97 Å². The average molecular weight is 218 g/mol. The normalized spacial score (nSPS) is 18.3. The Bertz CT molecular complexity index is 347. The van der Waals surface area contributed by atoms with E-state index in [1.165, 1.54) is 19.3 Å².